The number of hydrogen-bond acceptors (Lipinski definition) is 3. The predicted molar refractivity (Wildman–Crippen MR) is 82.2 cm³/mol. The van der Waals surface area contributed by atoms with Gasteiger partial charge in [-0.1, -0.05) is 12.1 Å². The van der Waals surface area contributed by atoms with Crippen molar-refractivity contribution in [3.63, 3.8) is 0 Å². The third kappa shape index (κ3) is 6.17. The van der Waals surface area contributed by atoms with Gasteiger partial charge in [0.15, 0.2) is 6.61 Å². The van der Waals surface area contributed by atoms with Gasteiger partial charge in [0, 0.05) is 19.6 Å². The first-order valence-electron chi connectivity index (χ1n) is 7.78. The van der Waals surface area contributed by atoms with Crippen molar-refractivity contribution in [1.82, 2.24) is 10.2 Å². The van der Waals surface area contributed by atoms with Crippen LogP contribution in [0.2, 0.25) is 0 Å². The van der Waals surface area contributed by atoms with Gasteiger partial charge >= 0.3 is 18.2 Å². The van der Waals surface area contributed by atoms with Gasteiger partial charge < -0.3 is 20.1 Å². The Morgan fingerprint density at radius 1 is 1.36 bits per heavy atom. The number of carboxylic acids is 1. The summed E-state index contributed by atoms with van der Waals surface area (Å²) in [5.41, 5.74) is 0.583. The lowest BCUT2D eigenvalue weighted by Crippen LogP contribution is -2.46. The summed E-state index contributed by atoms with van der Waals surface area (Å²) in [4.78, 5) is 24.6. The molecule has 138 valence electrons. The standard InChI is InChI=1S/C16H19F3N2O4/c17-16(18,19)10-25-13-5-1-3-11(7-13)8-20-15(24)21-6-2-4-12(9-21)14(22)23/h1,3,5,7,12H,2,4,6,8-10H2,(H,20,24)(H,22,23). The molecule has 1 heterocycles. The minimum Gasteiger partial charge on any atom is -0.484 e. The Kier molecular flexibility index (Phi) is 6.11. The molecule has 25 heavy (non-hydrogen) atoms. The third-order valence-electron chi connectivity index (χ3n) is 3.80. The summed E-state index contributed by atoms with van der Waals surface area (Å²) in [5.74, 6) is -1.43. The molecule has 2 N–H and O–H groups in total. The molecule has 6 nitrogen and oxygen atoms in total. The van der Waals surface area contributed by atoms with Gasteiger partial charge in [-0.05, 0) is 30.5 Å². The molecule has 1 fully saturated rings. The maximum atomic E-state index is 12.2. The number of hydrogen-bond donors (Lipinski definition) is 2. The zero-order chi connectivity index (χ0) is 18.4. The van der Waals surface area contributed by atoms with Gasteiger partial charge in [0.2, 0.25) is 0 Å². The van der Waals surface area contributed by atoms with Crippen LogP contribution in [0.1, 0.15) is 18.4 Å². The van der Waals surface area contributed by atoms with Crippen molar-refractivity contribution in [2.75, 3.05) is 19.7 Å². The zero-order valence-electron chi connectivity index (χ0n) is 13.4. The van der Waals surface area contributed by atoms with E-state index in [0.29, 0.717) is 24.9 Å². The monoisotopic (exact) mass is 360 g/mol. The molecular weight excluding hydrogens is 341 g/mol. The number of halogens is 3. The van der Waals surface area contributed by atoms with E-state index in [1.165, 1.54) is 23.1 Å². The Bertz CT molecular complexity index is 622. The average Bonchev–Trinajstić information content (AvgIpc) is 2.58. The Morgan fingerprint density at radius 3 is 2.80 bits per heavy atom. The zero-order valence-corrected chi connectivity index (χ0v) is 13.4. The van der Waals surface area contributed by atoms with Crippen LogP contribution >= 0.6 is 0 Å². The summed E-state index contributed by atoms with van der Waals surface area (Å²) < 4.78 is 41.1. The molecular formula is C16H19F3N2O4. The van der Waals surface area contributed by atoms with E-state index in [4.69, 9.17) is 5.11 Å². The Balaban J connectivity index is 1.86. The molecule has 1 aliphatic rings. The highest BCUT2D eigenvalue weighted by Crippen LogP contribution is 2.20. The number of urea groups is 1. The van der Waals surface area contributed by atoms with Crippen molar-refractivity contribution in [3.05, 3.63) is 29.8 Å². The topological polar surface area (TPSA) is 78.9 Å². The number of ether oxygens (including phenoxy) is 1. The second-order valence-corrected chi connectivity index (χ2v) is 5.83. The van der Waals surface area contributed by atoms with Crippen LogP contribution in [0.15, 0.2) is 24.3 Å². The second-order valence-electron chi connectivity index (χ2n) is 5.83. The van der Waals surface area contributed by atoms with Gasteiger partial charge in [0.25, 0.3) is 0 Å². The van der Waals surface area contributed by atoms with Crippen LogP contribution in [0.25, 0.3) is 0 Å². The highest BCUT2D eigenvalue weighted by Gasteiger charge is 2.29. The number of carbonyl (C=O) groups excluding carboxylic acids is 1. The number of nitrogens with one attached hydrogen (secondary N) is 1. The van der Waals surface area contributed by atoms with E-state index in [9.17, 15) is 22.8 Å². The largest absolute Gasteiger partial charge is 0.484 e. The van der Waals surface area contributed by atoms with E-state index < -0.39 is 30.7 Å². The molecule has 9 heteroatoms. The fraction of sp³-hybridized carbons (Fsp3) is 0.500. The van der Waals surface area contributed by atoms with Gasteiger partial charge in [0.1, 0.15) is 5.75 Å². The number of piperidine rings is 1. The molecule has 2 rings (SSSR count). The van der Waals surface area contributed by atoms with E-state index in [1.807, 2.05) is 0 Å². The Hall–Kier alpha value is -2.45. The van der Waals surface area contributed by atoms with Gasteiger partial charge in [-0.3, -0.25) is 4.79 Å². The summed E-state index contributed by atoms with van der Waals surface area (Å²) in [6.07, 6.45) is -3.26. The van der Waals surface area contributed by atoms with Gasteiger partial charge in [-0.25, -0.2) is 4.79 Å². The summed E-state index contributed by atoms with van der Waals surface area (Å²) in [6, 6.07) is 5.61. The van der Waals surface area contributed by atoms with Crippen LogP contribution in [0.5, 0.6) is 5.75 Å². The molecule has 0 aromatic heterocycles. The molecule has 0 spiro atoms. The van der Waals surface area contributed by atoms with Crippen LogP contribution in [0.3, 0.4) is 0 Å². The Morgan fingerprint density at radius 2 is 2.12 bits per heavy atom. The fourth-order valence-electron chi connectivity index (χ4n) is 2.56. The predicted octanol–water partition coefficient (Wildman–Crippen LogP) is 2.63. The molecule has 1 aliphatic heterocycles. The number of carboxylic acid groups (broad SMARTS) is 1. The van der Waals surface area contributed by atoms with Crippen molar-refractivity contribution < 1.29 is 32.6 Å². The number of rotatable bonds is 5. The lowest BCUT2D eigenvalue weighted by molar-refractivity contribution is -0.153. The molecule has 1 atom stereocenters. The van der Waals surface area contributed by atoms with Crippen LogP contribution in [0, 0.1) is 5.92 Å². The molecule has 1 unspecified atom stereocenters. The number of alkyl halides is 3. The highest BCUT2D eigenvalue weighted by molar-refractivity contribution is 5.76. The van der Waals surface area contributed by atoms with Crippen molar-refractivity contribution in [2.45, 2.75) is 25.6 Å². The fourth-order valence-corrected chi connectivity index (χ4v) is 2.56. The minimum absolute atomic E-state index is 0.0630. The SMILES string of the molecule is O=C(O)C1CCCN(C(=O)NCc2cccc(OCC(F)(F)F)c2)C1. The second kappa shape index (κ2) is 8.09. The van der Waals surface area contributed by atoms with Gasteiger partial charge in [-0.2, -0.15) is 13.2 Å². The highest BCUT2D eigenvalue weighted by atomic mass is 19.4. The smallest absolute Gasteiger partial charge is 0.422 e. The molecule has 1 aromatic carbocycles. The number of likely N-dealkylation sites (tertiary alicyclic amines) is 1. The van der Waals surface area contributed by atoms with E-state index in [0.717, 1.165) is 0 Å². The average molecular weight is 360 g/mol. The first kappa shape index (κ1) is 18.9. The van der Waals surface area contributed by atoms with Crippen LogP contribution in [-0.4, -0.2) is 47.9 Å². The molecule has 0 saturated carbocycles. The van der Waals surface area contributed by atoms with Crippen molar-refractivity contribution in [2.24, 2.45) is 5.92 Å². The van der Waals surface area contributed by atoms with E-state index in [1.54, 1.807) is 6.07 Å². The molecule has 0 radical (unpaired) electrons. The first-order chi connectivity index (χ1) is 11.7. The maximum absolute atomic E-state index is 12.2. The number of carbonyl (C=O) groups is 2. The van der Waals surface area contributed by atoms with E-state index >= 15 is 0 Å². The summed E-state index contributed by atoms with van der Waals surface area (Å²) >= 11 is 0. The first-order valence-corrected chi connectivity index (χ1v) is 7.78. The van der Waals surface area contributed by atoms with Crippen LogP contribution in [-0.2, 0) is 11.3 Å². The van der Waals surface area contributed by atoms with E-state index in [-0.39, 0.29) is 18.8 Å². The lowest BCUT2D eigenvalue weighted by Gasteiger charge is -2.30. The lowest BCUT2D eigenvalue weighted by atomic mass is 9.99. The van der Waals surface area contributed by atoms with Crippen molar-refractivity contribution in [3.8, 4) is 5.75 Å². The van der Waals surface area contributed by atoms with Crippen LogP contribution in [0.4, 0.5) is 18.0 Å². The molecule has 1 saturated heterocycles. The number of benzene rings is 1. The molecule has 2 amide bonds. The van der Waals surface area contributed by atoms with Gasteiger partial charge in [-0.15, -0.1) is 0 Å². The number of amides is 2. The van der Waals surface area contributed by atoms with Crippen molar-refractivity contribution in [1.29, 1.82) is 0 Å². The molecule has 1 aromatic rings. The minimum atomic E-state index is -4.42. The number of nitrogens with zero attached hydrogens (tertiary/aromatic N) is 1. The summed E-state index contributed by atoms with van der Waals surface area (Å²) in [5, 5.41) is 11.7. The molecule has 0 bridgehead atoms. The van der Waals surface area contributed by atoms with Crippen molar-refractivity contribution >= 4 is 12.0 Å². The third-order valence-corrected chi connectivity index (χ3v) is 3.80. The normalized spacial score (nSPS) is 17.9. The molecule has 0 aliphatic carbocycles. The summed E-state index contributed by atoms with van der Waals surface area (Å²) in [7, 11) is 0. The quantitative estimate of drug-likeness (QED) is 0.846. The Labute approximate surface area is 142 Å². The summed E-state index contributed by atoms with van der Waals surface area (Å²) in [6.45, 7) is -0.649. The van der Waals surface area contributed by atoms with Gasteiger partial charge in [0.05, 0.1) is 5.92 Å². The number of aliphatic carboxylic acids is 1. The van der Waals surface area contributed by atoms with E-state index in [2.05, 4.69) is 10.1 Å². The maximum Gasteiger partial charge on any atom is 0.422 e. The van der Waals surface area contributed by atoms with Crippen LogP contribution < -0.4 is 10.1 Å².